The van der Waals surface area contributed by atoms with E-state index in [1.165, 1.54) is 0 Å². The van der Waals surface area contributed by atoms with Gasteiger partial charge in [0.15, 0.2) is 12.2 Å². The molecule has 6 heteroatoms. The van der Waals surface area contributed by atoms with Gasteiger partial charge in [-0.05, 0) is 42.5 Å². The molecule has 0 saturated carbocycles. The molecule has 1 aromatic heterocycles. The van der Waals surface area contributed by atoms with E-state index in [4.69, 9.17) is 20.8 Å². The summed E-state index contributed by atoms with van der Waals surface area (Å²) in [5.41, 5.74) is 2.76. The number of carbonyl (C=O) groups excluding carboxylic acids is 1. The quantitative estimate of drug-likeness (QED) is 0.520. The molecule has 27 heavy (non-hydrogen) atoms. The van der Waals surface area contributed by atoms with E-state index in [9.17, 15) is 4.79 Å². The van der Waals surface area contributed by atoms with Gasteiger partial charge in [-0.25, -0.2) is 4.98 Å². The molecule has 1 N–H and O–H groups in total. The monoisotopic (exact) mass is 378 g/mol. The van der Waals surface area contributed by atoms with E-state index < -0.39 is 0 Å². The Morgan fingerprint density at radius 2 is 1.85 bits per heavy atom. The number of carbonyl (C=O) groups is 1. The van der Waals surface area contributed by atoms with E-state index in [-0.39, 0.29) is 12.5 Å². The van der Waals surface area contributed by atoms with E-state index >= 15 is 0 Å². The van der Waals surface area contributed by atoms with E-state index in [0.717, 1.165) is 5.52 Å². The Morgan fingerprint density at radius 3 is 2.70 bits per heavy atom. The topological polar surface area (TPSA) is 64.4 Å². The maximum absolute atomic E-state index is 12.2. The maximum Gasteiger partial charge on any atom is 0.262 e. The average Bonchev–Trinajstić information content (AvgIpc) is 3.11. The molecule has 0 aliphatic heterocycles. The molecule has 0 spiro atoms. The Labute approximate surface area is 160 Å². The van der Waals surface area contributed by atoms with Crippen molar-refractivity contribution >= 4 is 34.3 Å². The lowest BCUT2D eigenvalue weighted by atomic mass is 10.2. The molecule has 134 valence electrons. The predicted octanol–water partition coefficient (Wildman–Crippen LogP) is 5.17. The second-order valence-corrected chi connectivity index (χ2v) is 6.27. The van der Waals surface area contributed by atoms with Crippen LogP contribution in [0.5, 0.6) is 5.75 Å². The number of para-hydroxylation sites is 3. The van der Waals surface area contributed by atoms with Crippen molar-refractivity contribution in [1.29, 1.82) is 0 Å². The maximum atomic E-state index is 12.2. The van der Waals surface area contributed by atoms with Gasteiger partial charge in [0.1, 0.15) is 11.3 Å². The Morgan fingerprint density at radius 1 is 1.04 bits per heavy atom. The Kier molecular flexibility index (Phi) is 4.77. The van der Waals surface area contributed by atoms with Gasteiger partial charge in [-0.15, -0.1) is 0 Å². The number of ether oxygens (including phenoxy) is 1. The molecule has 5 nitrogen and oxygen atoms in total. The first-order valence-corrected chi connectivity index (χ1v) is 8.70. The highest BCUT2D eigenvalue weighted by molar-refractivity contribution is 6.30. The molecule has 0 fully saturated rings. The number of rotatable bonds is 5. The fourth-order valence-electron chi connectivity index (χ4n) is 2.66. The number of halogens is 1. The first kappa shape index (κ1) is 17.1. The minimum Gasteiger partial charge on any atom is -0.483 e. The highest BCUT2D eigenvalue weighted by Crippen LogP contribution is 2.31. The molecule has 1 amide bonds. The van der Waals surface area contributed by atoms with Gasteiger partial charge < -0.3 is 14.5 Å². The van der Waals surface area contributed by atoms with Gasteiger partial charge in [-0.1, -0.05) is 41.9 Å². The fraction of sp³-hybridized carbons (Fsp3) is 0.0476. The lowest BCUT2D eigenvalue weighted by molar-refractivity contribution is -0.118. The lowest BCUT2D eigenvalue weighted by Gasteiger charge is -2.10. The molecular weight excluding hydrogens is 364 g/mol. The Bertz CT molecular complexity index is 1070. The van der Waals surface area contributed by atoms with Gasteiger partial charge in [0.2, 0.25) is 5.89 Å². The SMILES string of the molecule is O=C(COc1ccccc1-c1nc2ccccc2o1)Nc1cccc(Cl)c1. The number of nitrogens with one attached hydrogen (secondary N) is 1. The van der Waals surface area contributed by atoms with Crippen molar-refractivity contribution < 1.29 is 13.9 Å². The highest BCUT2D eigenvalue weighted by Gasteiger charge is 2.14. The van der Waals surface area contributed by atoms with E-state index in [0.29, 0.717) is 33.5 Å². The molecule has 0 aliphatic carbocycles. The number of oxazole rings is 1. The zero-order chi connectivity index (χ0) is 18.6. The number of nitrogens with zero attached hydrogens (tertiary/aromatic N) is 1. The average molecular weight is 379 g/mol. The van der Waals surface area contributed by atoms with Crippen molar-refractivity contribution in [3.05, 3.63) is 77.8 Å². The smallest absolute Gasteiger partial charge is 0.262 e. The van der Waals surface area contributed by atoms with Crippen LogP contribution in [-0.4, -0.2) is 17.5 Å². The summed E-state index contributed by atoms with van der Waals surface area (Å²) in [4.78, 5) is 16.7. The highest BCUT2D eigenvalue weighted by atomic mass is 35.5. The summed E-state index contributed by atoms with van der Waals surface area (Å²) in [5, 5.41) is 3.30. The van der Waals surface area contributed by atoms with Crippen LogP contribution in [0.25, 0.3) is 22.6 Å². The van der Waals surface area contributed by atoms with Crippen molar-refractivity contribution in [3.8, 4) is 17.2 Å². The number of aromatic nitrogens is 1. The van der Waals surface area contributed by atoms with E-state index in [1.54, 1.807) is 30.3 Å². The summed E-state index contributed by atoms with van der Waals surface area (Å²) in [6.45, 7) is -0.149. The van der Waals surface area contributed by atoms with Crippen LogP contribution >= 0.6 is 11.6 Å². The molecule has 0 unspecified atom stereocenters. The molecule has 0 radical (unpaired) electrons. The van der Waals surface area contributed by atoms with Crippen LogP contribution in [-0.2, 0) is 4.79 Å². The van der Waals surface area contributed by atoms with Crippen molar-refractivity contribution in [2.75, 3.05) is 11.9 Å². The molecule has 4 rings (SSSR count). The summed E-state index contributed by atoms with van der Waals surface area (Å²) >= 11 is 5.92. The van der Waals surface area contributed by atoms with Gasteiger partial charge in [0.05, 0.1) is 5.56 Å². The number of amides is 1. The molecule has 3 aromatic carbocycles. The molecule has 0 bridgehead atoms. The number of fused-ring (bicyclic) bond motifs is 1. The zero-order valence-corrected chi connectivity index (χ0v) is 14.9. The minimum atomic E-state index is -0.287. The van der Waals surface area contributed by atoms with Gasteiger partial charge >= 0.3 is 0 Å². The summed E-state index contributed by atoms with van der Waals surface area (Å²) in [6.07, 6.45) is 0. The molecule has 0 aliphatic rings. The van der Waals surface area contributed by atoms with Crippen molar-refractivity contribution in [1.82, 2.24) is 4.98 Å². The van der Waals surface area contributed by atoms with Gasteiger partial charge in [-0.2, -0.15) is 0 Å². The molecular formula is C21H15ClN2O3. The largest absolute Gasteiger partial charge is 0.483 e. The number of anilines is 1. The van der Waals surface area contributed by atoms with Crippen molar-refractivity contribution in [3.63, 3.8) is 0 Å². The minimum absolute atomic E-state index is 0.149. The van der Waals surface area contributed by atoms with Crippen molar-refractivity contribution in [2.24, 2.45) is 0 Å². The number of hydrogen-bond donors (Lipinski definition) is 1. The lowest BCUT2D eigenvalue weighted by Crippen LogP contribution is -2.20. The standard InChI is InChI=1S/C21H15ClN2O3/c22-14-6-5-7-15(12-14)23-20(25)13-26-18-10-3-1-8-16(18)21-24-17-9-2-4-11-19(17)27-21/h1-12H,13H2,(H,23,25). The van der Waals surface area contributed by atoms with Crippen LogP contribution in [0, 0.1) is 0 Å². The number of benzene rings is 3. The van der Waals surface area contributed by atoms with E-state index in [1.807, 2.05) is 42.5 Å². The fourth-order valence-corrected chi connectivity index (χ4v) is 2.85. The van der Waals surface area contributed by atoms with Crippen molar-refractivity contribution in [2.45, 2.75) is 0 Å². The van der Waals surface area contributed by atoms with E-state index in [2.05, 4.69) is 10.3 Å². The van der Waals surface area contributed by atoms with Gasteiger partial charge in [0.25, 0.3) is 5.91 Å². The third-order valence-electron chi connectivity index (χ3n) is 3.88. The molecule has 4 aromatic rings. The normalized spacial score (nSPS) is 10.7. The third kappa shape index (κ3) is 3.93. The third-order valence-corrected chi connectivity index (χ3v) is 4.11. The summed E-state index contributed by atoms with van der Waals surface area (Å²) in [6, 6.07) is 21.8. The number of hydrogen-bond acceptors (Lipinski definition) is 4. The van der Waals surface area contributed by atoms with Gasteiger partial charge in [-0.3, -0.25) is 4.79 Å². The second kappa shape index (κ2) is 7.51. The van der Waals surface area contributed by atoms with Crippen LogP contribution in [0.1, 0.15) is 0 Å². The Hall–Kier alpha value is -3.31. The summed E-state index contributed by atoms with van der Waals surface area (Å²) in [5.74, 6) is 0.678. The first-order valence-electron chi connectivity index (χ1n) is 8.32. The first-order chi connectivity index (χ1) is 13.2. The predicted molar refractivity (Wildman–Crippen MR) is 105 cm³/mol. The zero-order valence-electron chi connectivity index (χ0n) is 14.2. The molecule has 0 atom stereocenters. The summed E-state index contributed by atoms with van der Waals surface area (Å²) in [7, 11) is 0. The summed E-state index contributed by atoms with van der Waals surface area (Å²) < 4.78 is 11.5. The Balaban J connectivity index is 1.50. The molecule has 0 saturated heterocycles. The molecule has 1 heterocycles. The van der Waals surface area contributed by atoms with Crippen LogP contribution in [0.3, 0.4) is 0 Å². The van der Waals surface area contributed by atoms with Crippen LogP contribution in [0.4, 0.5) is 5.69 Å². The second-order valence-electron chi connectivity index (χ2n) is 5.83. The van der Waals surface area contributed by atoms with Crippen LogP contribution in [0.15, 0.2) is 77.2 Å². The van der Waals surface area contributed by atoms with Crippen LogP contribution < -0.4 is 10.1 Å². The van der Waals surface area contributed by atoms with Gasteiger partial charge in [0, 0.05) is 10.7 Å². The van der Waals surface area contributed by atoms with Crippen LogP contribution in [0.2, 0.25) is 5.02 Å².